The van der Waals surface area contributed by atoms with Crippen molar-refractivity contribution < 1.29 is 4.92 Å². The number of rotatable bonds is 4. The molecular weight excluding hydrogens is 242 g/mol. The number of aromatic nitrogens is 3. The molecule has 1 atom stereocenters. The van der Waals surface area contributed by atoms with E-state index in [1.165, 1.54) is 23.7 Å². The summed E-state index contributed by atoms with van der Waals surface area (Å²) in [6.45, 7) is 1.92. The van der Waals surface area contributed by atoms with Crippen LogP contribution in [0.25, 0.3) is 0 Å². The molecule has 0 bridgehead atoms. The van der Waals surface area contributed by atoms with Gasteiger partial charge in [0.25, 0.3) is 0 Å². The summed E-state index contributed by atoms with van der Waals surface area (Å²) in [5, 5.41) is 16.2. The molecular formula is C9H9N5O2S. The Morgan fingerprint density at radius 2 is 2.12 bits per heavy atom. The fourth-order valence-electron chi connectivity index (χ4n) is 1.19. The highest BCUT2D eigenvalue weighted by Gasteiger charge is 2.11. The zero-order chi connectivity index (χ0) is 12.3. The SMILES string of the molecule is CC(Nc1ncc([N+](=O)[O-])cn1)c1nccs1. The summed E-state index contributed by atoms with van der Waals surface area (Å²) in [5.74, 6) is 0.346. The normalized spacial score (nSPS) is 12.1. The largest absolute Gasteiger partial charge is 0.345 e. The van der Waals surface area contributed by atoms with Crippen molar-refractivity contribution in [3.63, 3.8) is 0 Å². The number of nitrogens with one attached hydrogen (secondary N) is 1. The fourth-order valence-corrected chi connectivity index (χ4v) is 1.84. The summed E-state index contributed by atoms with van der Waals surface area (Å²) >= 11 is 1.52. The average Bonchev–Trinajstić information content (AvgIpc) is 2.83. The lowest BCUT2D eigenvalue weighted by Crippen LogP contribution is -2.09. The maximum Gasteiger partial charge on any atom is 0.305 e. The summed E-state index contributed by atoms with van der Waals surface area (Å²) in [5.41, 5.74) is -0.127. The van der Waals surface area contributed by atoms with Gasteiger partial charge >= 0.3 is 5.69 Å². The van der Waals surface area contributed by atoms with Crippen molar-refractivity contribution in [2.75, 3.05) is 5.32 Å². The zero-order valence-electron chi connectivity index (χ0n) is 8.90. The van der Waals surface area contributed by atoms with Crippen molar-refractivity contribution >= 4 is 23.0 Å². The number of hydrogen-bond acceptors (Lipinski definition) is 7. The topological polar surface area (TPSA) is 93.8 Å². The fraction of sp³-hybridized carbons (Fsp3) is 0.222. The molecule has 0 aromatic carbocycles. The Morgan fingerprint density at radius 1 is 1.41 bits per heavy atom. The van der Waals surface area contributed by atoms with E-state index >= 15 is 0 Å². The van der Waals surface area contributed by atoms with Gasteiger partial charge in [0.05, 0.1) is 11.0 Å². The number of nitro groups is 1. The van der Waals surface area contributed by atoms with E-state index in [1.807, 2.05) is 12.3 Å². The third kappa shape index (κ3) is 2.72. The summed E-state index contributed by atoms with van der Waals surface area (Å²) in [7, 11) is 0. The first-order valence-electron chi connectivity index (χ1n) is 4.79. The minimum atomic E-state index is -0.534. The summed E-state index contributed by atoms with van der Waals surface area (Å²) in [4.78, 5) is 21.8. The maximum atomic E-state index is 10.4. The molecule has 88 valence electrons. The second kappa shape index (κ2) is 4.83. The van der Waals surface area contributed by atoms with E-state index in [9.17, 15) is 10.1 Å². The van der Waals surface area contributed by atoms with E-state index in [0.29, 0.717) is 5.95 Å². The molecule has 0 aliphatic heterocycles. The van der Waals surface area contributed by atoms with Crippen LogP contribution in [0.4, 0.5) is 11.6 Å². The minimum Gasteiger partial charge on any atom is -0.345 e. The summed E-state index contributed by atoms with van der Waals surface area (Å²) in [6.07, 6.45) is 4.06. The molecule has 7 nitrogen and oxygen atoms in total. The van der Waals surface area contributed by atoms with E-state index in [4.69, 9.17) is 0 Å². The Hall–Kier alpha value is -2.09. The standard InChI is InChI=1S/C9H9N5O2S/c1-6(8-10-2-3-17-8)13-9-11-4-7(5-12-9)14(15)16/h2-6H,1H3,(H,11,12,13). The predicted molar refractivity (Wildman–Crippen MR) is 62.8 cm³/mol. The van der Waals surface area contributed by atoms with Crippen LogP contribution in [0.1, 0.15) is 18.0 Å². The van der Waals surface area contributed by atoms with Crippen LogP contribution in [0, 0.1) is 10.1 Å². The van der Waals surface area contributed by atoms with Crippen LogP contribution >= 0.6 is 11.3 Å². The van der Waals surface area contributed by atoms with Crippen molar-refractivity contribution in [2.45, 2.75) is 13.0 Å². The van der Waals surface area contributed by atoms with Gasteiger partial charge in [-0.3, -0.25) is 10.1 Å². The molecule has 17 heavy (non-hydrogen) atoms. The second-order valence-corrected chi connectivity index (χ2v) is 4.18. The second-order valence-electron chi connectivity index (χ2n) is 3.26. The van der Waals surface area contributed by atoms with Gasteiger partial charge in [-0.15, -0.1) is 11.3 Å². The smallest absolute Gasteiger partial charge is 0.305 e. The van der Waals surface area contributed by atoms with E-state index in [2.05, 4.69) is 20.3 Å². The quantitative estimate of drug-likeness (QED) is 0.659. The lowest BCUT2D eigenvalue weighted by molar-refractivity contribution is -0.385. The summed E-state index contributed by atoms with van der Waals surface area (Å²) < 4.78 is 0. The molecule has 0 saturated carbocycles. The van der Waals surface area contributed by atoms with Crippen molar-refractivity contribution in [3.8, 4) is 0 Å². The zero-order valence-corrected chi connectivity index (χ0v) is 9.72. The molecule has 2 aromatic heterocycles. The van der Waals surface area contributed by atoms with E-state index in [1.54, 1.807) is 6.20 Å². The number of anilines is 1. The van der Waals surface area contributed by atoms with Crippen molar-refractivity contribution in [1.29, 1.82) is 0 Å². The van der Waals surface area contributed by atoms with E-state index < -0.39 is 4.92 Å². The lowest BCUT2D eigenvalue weighted by Gasteiger charge is -2.09. The summed E-state index contributed by atoms with van der Waals surface area (Å²) in [6, 6.07) is -0.0311. The first-order chi connectivity index (χ1) is 8.16. The third-order valence-electron chi connectivity index (χ3n) is 2.02. The molecule has 0 fully saturated rings. The minimum absolute atomic E-state index is 0.0311. The first-order valence-corrected chi connectivity index (χ1v) is 5.67. The highest BCUT2D eigenvalue weighted by molar-refractivity contribution is 7.09. The van der Waals surface area contributed by atoms with Gasteiger partial charge in [-0.2, -0.15) is 0 Å². The molecule has 0 aliphatic rings. The number of hydrogen-bond donors (Lipinski definition) is 1. The van der Waals surface area contributed by atoms with Crippen molar-refractivity contribution in [3.05, 3.63) is 39.1 Å². The highest BCUT2D eigenvalue weighted by Crippen LogP contribution is 2.19. The van der Waals surface area contributed by atoms with Gasteiger partial charge in [0.2, 0.25) is 5.95 Å². The molecule has 0 radical (unpaired) electrons. The van der Waals surface area contributed by atoms with Gasteiger partial charge < -0.3 is 5.32 Å². The van der Waals surface area contributed by atoms with Gasteiger partial charge in [0, 0.05) is 11.6 Å². The molecule has 1 unspecified atom stereocenters. The van der Waals surface area contributed by atoms with Crippen LogP contribution < -0.4 is 5.32 Å². The molecule has 0 aliphatic carbocycles. The average molecular weight is 251 g/mol. The molecule has 0 saturated heterocycles. The molecule has 8 heteroatoms. The van der Waals surface area contributed by atoms with Crippen LogP contribution in [0.5, 0.6) is 0 Å². The Labute approximate surface area is 101 Å². The molecule has 2 rings (SSSR count). The molecule has 1 N–H and O–H groups in total. The van der Waals surface area contributed by atoms with Crippen LogP contribution in [0.2, 0.25) is 0 Å². The van der Waals surface area contributed by atoms with Gasteiger partial charge in [-0.05, 0) is 6.92 Å². The van der Waals surface area contributed by atoms with Gasteiger partial charge in [0.15, 0.2) is 0 Å². The molecule has 0 amide bonds. The third-order valence-corrected chi connectivity index (χ3v) is 2.97. The lowest BCUT2D eigenvalue weighted by atomic mass is 10.4. The van der Waals surface area contributed by atoms with Gasteiger partial charge in [-0.25, -0.2) is 15.0 Å². The number of thiazole rings is 1. The Balaban J connectivity index is 2.06. The van der Waals surface area contributed by atoms with E-state index in [0.717, 1.165) is 5.01 Å². The van der Waals surface area contributed by atoms with E-state index in [-0.39, 0.29) is 11.7 Å². The van der Waals surface area contributed by atoms with Crippen molar-refractivity contribution in [2.24, 2.45) is 0 Å². The van der Waals surface area contributed by atoms with Gasteiger partial charge in [0.1, 0.15) is 17.4 Å². The first kappa shape index (κ1) is 11.4. The Bertz CT molecular complexity index is 499. The Morgan fingerprint density at radius 3 is 2.65 bits per heavy atom. The Kier molecular flexibility index (Phi) is 3.24. The molecule has 2 aromatic rings. The monoisotopic (exact) mass is 251 g/mol. The predicted octanol–water partition coefficient (Wildman–Crippen LogP) is 2.01. The van der Waals surface area contributed by atoms with Crippen LogP contribution in [0.15, 0.2) is 24.0 Å². The van der Waals surface area contributed by atoms with Crippen LogP contribution in [0.3, 0.4) is 0 Å². The number of nitrogens with zero attached hydrogens (tertiary/aromatic N) is 4. The molecule has 2 heterocycles. The van der Waals surface area contributed by atoms with Crippen molar-refractivity contribution in [1.82, 2.24) is 15.0 Å². The maximum absolute atomic E-state index is 10.4. The van der Waals surface area contributed by atoms with Crippen LogP contribution in [-0.4, -0.2) is 19.9 Å². The molecule has 0 spiro atoms. The van der Waals surface area contributed by atoms with Crippen LogP contribution in [-0.2, 0) is 0 Å². The highest BCUT2D eigenvalue weighted by atomic mass is 32.1. The van der Waals surface area contributed by atoms with Gasteiger partial charge in [-0.1, -0.05) is 0 Å².